The van der Waals surface area contributed by atoms with E-state index in [1.807, 2.05) is 17.7 Å². The molecule has 2 amide bonds. The van der Waals surface area contributed by atoms with E-state index in [0.29, 0.717) is 18.9 Å². The largest absolute Gasteiger partial charge is 0.394 e. The van der Waals surface area contributed by atoms with Crippen LogP contribution in [0, 0.1) is 0 Å². The van der Waals surface area contributed by atoms with Crippen LogP contribution in [0.25, 0.3) is 0 Å². The molecule has 0 bridgehead atoms. The lowest BCUT2D eigenvalue weighted by molar-refractivity contribution is 0.174. The fourth-order valence-corrected chi connectivity index (χ4v) is 2.22. The van der Waals surface area contributed by atoms with Gasteiger partial charge in [0, 0.05) is 32.0 Å². The van der Waals surface area contributed by atoms with E-state index < -0.39 is 0 Å². The quantitative estimate of drug-likeness (QED) is 0.761. The van der Waals surface area contributed by atoms with Crippen LogP contribution in [0.2, 0.25) is 0 Å². The van der Waals surface area contributed by atoms with Crippen LogP contribution in [0.1, 0.15) is 19.8 Å². The molecule has 2 heterocycles. The fourth-order valence-electron chi connectivity index (χ4n) is 2.22. The molecule has 20 heavy (non-hydrogen) atoms. The Kier molecular flexibility index (Phi) is 5.11. The summed E-state index contributed by atoms with van der Waals surface area (Å²) in [4.78, 5) is 21.9. The summed E-state index contributed by atoms with van der Waals surface area (Å²) in [5, 5.41) is 12.2. The van der Waals surface area contributed by atoms with Crippen molar-refractivity contribution < 1.29 is 9.90 Å². The number of carbonyl (C=O) groups excluding carboxylic acids is 1. The molecule has 0 spiro atoms. The summed E-state index contributed by atoms with van der Waals surface area (Å²) in [5.41, 5.74) is 0. The Morgan fingerprint density at radius 3 is 3.00 bits per heavy atom. The highest BCUT2D eigenvalue weighted by Gasteiger charge is 2.35. The Hall–Kier alpha value is -1.89. The average Bonchev–Trinajstić information content (AvgIpc) is 3.05. The molecule has 1 aromatic heterocycles. The molecule has 1 saturated heterocycles. The molecular formula is C13H21N5O2. The summed E-state index contributed by atoms with van der Waals surface area (Å²) in [7, 11) is 0. The van der Waals surface area contributed by atoms with Gasteiger partial charge in [0.1, 0.15) is 11.9 Å². The van der Waals surface area contributed by atoms with E-state index in [0.717, 1.165) is 19.4 Å². The second kappa shape index (κ2) is 7.04. The van der Waals surface area contributed by atoms with Gasteiger partial charge in [-0.3, -0.25) is 10.3 Å². The molecule has 1 atom stereocenters. The highest BCUT2D eigenvalue weighted by Crippen LogP contribution is 2.11. The third kappa shape index (κ3) is 3.36. The molecule has 1 unspecified atom stereocenters. The molecule has 0 aromatic carbocycles. The maximum Gasteiger partial charge on any atom is 0.323 e. The average molecular weight is 279 g/mol. The van der Waals surface area contributed by atoms with Gasteiger partial charge in [-0.1, -0.05) is 6.92 Å². The minimum absolute atomic E-state index is 0.105. The maximum absolute atomic E-state index is 11.9. The number of nitrogens with zero attached hydrogens (tertiary/aromatic N) is 4. The Morgan fingerprint density at radius 2 is 2.35 bits per heavy atom. The molecule has 0 aliphatic carbocycles. The molecule has 1 aliphatic rings. The number of aliphatic hydroxyl groups excluding tert-OH is 1. The van der Waals surface area contributed by atoms with E-state index in [1.165, 1.54) is 0 Å². The van der Waals surface area contributed by atoms with Crippen molar-refractivity contribution >= 4 is 11.9 Å². The number of hydrogen-bond donors (Lipinski definition) is 2. The summed E-state index contributed by atoms with van der Waals surface area (Å²) >= 11 is 0. The number of rotatable bonds is 7. The van der Waals surface area contributed by atoms with Crippen LogP contribution in [0.4, 0.5) is 4.79 Å². The minimum atomic E-state index is -0.336. The zero-order valence-electron chi connectivity index (χ0n) is 11.7. The second-order valence-corrected chi connectivity index (χ2v) is 4.74. The summed E-state index contributed by atoms with van der Waals surface area (Å²) < 4.78 is 1.97. The monoisotopic (exact) mass is 279 g/mol. The zero-order chi connectivity index (χ0) is 14.4. The molecule has 0 saturated carbocycles. The molecular weight excluding hydrogens is 258 g/mol. The molecule has 1 fully saturated rings. The zero-order valence-corrected chi connectivity index (χ0v) is 11.7. The first-order chi connectivity index (χ1) is 9.76. The summed E-state index contributed by atoms with van der Waals surface area (Å²) in [6, 6.07) is -0.513. The highest BCUT2D eigenvalue weighted by atomic mass is 16.3. The lowest BCUT2D eigenvalue weighted by Gasteiger charge is -2.21. The third-order valence-electron chi connectivity index (χ3n) is 3.24. The Labute approximate surface area is 118 Å². The Balaban J connectivity index is 1.90. The molecule has 7 nitrogen and oxygen atoms in total. The van der Waals surface area contributed by atoms with E-state index >= 15 is 0 Å². The molecule has 0 radical (unpaired) electrons. The summed E-state index contributed by atoms with van der Waals surface area (Å²) in [6.45, 7) is 3.96. The van der Waals surface area contributed by atoms with E-state index in [9.17, 15) is 9.90 Å². The molecule has 1 aliphatic heterocycles. The lowest BCUT2D eigenvalue weighted by Crippen LogP contribution is -2.38. The van der Waals surface area contributed by atoms with Gasteiger partial charge in [0.2, 0.25) is 0 Å². The van der Waals surface area contributed by atoms with Gasteiger partial charge in [-0.25, -0.2) is 9.78 Å². The van der Waals surface area contributed by atoms with Crippen molar-refractivity contribution in [2.75, 3.05) is 19.7 Å². The van der Waals surface area contributed by atoms with E-state index in [1.54, 1.807) is 17.4 Å². The van der Waals surface area contributed by atoms with Crippen LogP contribution in [0.5, 0.6) is 0 Å². The van der Waals surface area contributed by atoms with Gasteiger partial charge in [-0.2, -0.15) is 0 Å². The van der Waals surface area contributed by atoms with Crippen LogP contribution >= 0.6 is 0 Å². The number of nitrogens with one attached hydrogen (secondary N) is 1. The van der Waals surface area contributed by atoms with E-state index in [4.69, 9.17) is 0 Å². The first kappa shape index (κ1) is 14.5. The predicted molar refractivity (Wildman–Crippen MR) is 75.5 cm³/mol. The van der Waals surface area contributed by atoms with Crippen molar-refractivity contribution in [3.63, 3.8) is 0 Å². The first-order valence-corrected chi connectivity index (χ1v) is 6.94. The number of aromatic nitrogens is 2. The normalized spacial score (nSPS) is 20.7. The highest BCUT2D eigenvalue weighted by molar-refractivity contribution is 6.07. The molecule has 2 N–H and O–H groups in total. The van der Waals surface area contributed by atoms with Gasteiger partial charge in [0.15, 0.2) is 0 Å². The number of amides is 2. The van der Waals surface area contributed by atoms with E-state index in [-0.39, 0.29) is 18.7 Å². The molecule has 7 heteroatoms. The number of aliphatic hydroxyl groups is 1. The van der Waals surface area contributed by atoms with Crippen molar-refractivity contribution in [2.24, 2.45) is 4.99 Å². The summed E-state index contributed by atoms with van der Waals surface area (Å²) in [5.74, 6) is 0.585. The van der Waals surface area contributed by atoms with Gasteiger partial charge in [-0.15, -0.1) is 0 Å². The van der Waals surface area contributed by atoms with Crippen molar-refractivity contribution in [1.29, 1.82) is 0 Å². The van der Waals surface area contributed by atoms with E-state index in [2.05, 4.69) is 15.3 Å². The van der Waals surface area contributed by atoms with Crippen molar-refractivity contribution in [3.8, 4) is 0 Å². The van der Waals surface area contributed by atoms with Gasteiger partial charge in [0.25, 0.3) is 0 Å². The first-order valence-electron chi connectivity index (χ1n) is 6.94. The molecule has 110 valence electrons. The fraction of sp³-hybridized carbons (Fsp3) is 0.615. The number of urea groups is 1. The van der Waals surface area contributed by atoms with Crippen molar-refractivity contribution in [3.05, 3.63) is 18.7 Å². The number of carbonyl (C=O) groups is 1. The van der Waals surface area contributed by atoms with Gasteiger partial charge < -0.3 is 14.6 Å². The minimum Gasteiger partial charge on any atom is -0.394 e. The van der Waals surface area contributed by atoms with Crippen molar-refractivity contribution in [2.45, 2.75) is 32.4 Å². The van der Waals surface area contributed by atoms with Crippen LogP contribution < -0.4 is 5.32 Å². The SMILES string of the molecule is CCCN=C1NC(=O)N(CCCn2ccnc2)C1CO. The van der Waals surface area contributed by atoms with Crippen LogP contribution in [-0.2, 0) is 6.54 Å². The smallest absolute Gasteiger partial charge is 0.323 e. The molecule has 2 rings (SSSR count). The van der Waals surface area contributed by atoms with Crippen LogP contribution in [0.3, 0.4) is 0 Å². The Morgan fingerprint density at radius 1 is 1.50 bits per heavy atom. The van der Waals surface area contributed by atoms with Gasteiger partial charge >= 0.3 is 6.03 Å². The third-order valence-corrected chi connectivity index (χ3v) is 3.24. The van der Waals surface area contributed by atoms with Crippen LogP contribution in [-0.4, -0.2) is 57.2 Å². The van der Waals surface area contributed by atoms with Crippen LogP contribution in [0.15, 0.2) is 23.7 Å². The number of amidine groups is 1. The van der Waals surface area contributed by atoms with Gasteiger partial charge in [0.05, 0.1) is 12.9 Å². The lowest BCUT2D eigenvalue weighted by atomic mass is 10.2. The number of aliphatic imine (C=N–C) groups is 1. The summed E-state index contributed by atoms with van der Waals surface area (Å²) in [6.07, 6.45) is 7.09. The van der Waals surface area contributed by atoms with Gasteiger partial charge in [-0.05, 0) is 12.8 Å². The predicted octanol–water partition coefficient (Wildman–Crippen LogP) is 0.468. The number of aryl methyl sites for hydroxylation is 1. The topological polar surface area (TPSA) is 82.8 Å². The number of hydrogen-bond acceptors (Lipinski definition) is 4. The maximum atomic E-state index is 11.9. The second-order valence-electron chi connectivity index (χ2n) is 4.74. The molecule has 1 aromatic rings. The number of imidazole rings is 1. The standard InChI is InChI=1S/C13H21N5O2/c1-2-4-15-12-11(9-19)18(13(20)16-12)7-3-6-17-8-5-14-10-17/h5,8,10-11,19H,2-4,6-7,9H2,1H3,(H,15,16,20). The Bertz CT molecular complexity index is 457. The van der Waals surface area contributed by atoms with Crippen molar-refractivity contribution in [1.82, 2.24) is 19.8 Å².